The lowest BCUT2D eigenvalue weighted by atomic mass is 9.82. The van der Waals surface area contributed by atoms with Crippen molar-refractivity contribution >= 4 is 35.7 Å². The molecule has 2 rings (SSSR count). The van der Waals surface area contributed by atoms with Gasteiger partial charge in [0.1, 0.15) is 24.2 Å². The zero-order valence-electron chi connectivity index (χ0n) is 34.1. The third kappa shape index (κ3) is 18.3. The standard InChI is InChI=1S/C43H62N2O12/c1-5-7-9-12-15-20-34(46)21-16-13-10-11-14-17-22-36(43(53,41(50)51)31-38(47)56-32(3)57-42(52)45-27-18-19-28-45)39(48)44-37(40(49)54-4)30-33-23-25-35(26-24-33)55-29-8-6-2/h17,22-26,32,36-37,53H,5,7,9-16,18-21,27-31H2,1-4H3,(H,44,48)(H,50,51)/b22-17+/t32?,36-,37+,43+/m1/s1. The summed E-state index contributed by atoms with van der Waals surface area (Å²) in [5, 5.41) is 24.4. The number of hydrogen-bond donors (Lipinski definition) is 3. The summed E-state index contributed by atoms with van der Waals surface area (Å²) in [6.07, 6.45) is 11.0. The van der Waals surface area contributed by atoms with E-state index in [0.717, 1.165) is 64.9 Å². The number of benzene rings is 1. The van der Waals surface area contributed by atoms with Gasteiger partial charge < -0.3 is 39.4 Å². The Morgan fingerprint density at radius 3 is 2.16 bits per heavy atom. The normalized spacial score (nSPS) is 15.0. The summed E-state index contributed by atoms with van der Waals surface area (Å²) in [5.74, 6) is -0.565. The molecule has 316 valence electrons. The molecule has 0 saturated carbocycles. The summed E-state index contributed by atoms with van der Waals surface area (Å²) in [7, 11) is 1.14. The van der Waals surface area contributed by atoms with Crippen LogP contribution in [0.4, 0.5) is 4.79 Å². The molecule has 1 aromatic rings. The molecule has 1 aromatic carbocycles. The van der Waals surface area contributed by atoms with E-state index in [0.29, 0.717) is 50.1 Å². The topological polar surface area (TPSA) is 195 Å². The van der Waals surface area contributed by atoms with Crippen LogP contribution in [0.15, 0.2) is 36.4 Å². The number of hydrogen-bond acceptors (Lipinski definition) is 11. The Hall–Kier alpha value is -4.90. The van der Waals surface area contributed by atoms with Crippen LogP contribution in [0.3, 0.4) is 0 Å². The van der Waals surface area contributed by atoms with Gasteiger partial charge >= 0.3 is 24.0 Å². The number of amides is 2. The zero-order chi connectivity index (χ0) is 42.1. The molecule has 0 spiro atoms. The first-order valence-corrected chi connectivity index (χ1v) is 20.1. The van der Waals surface area contributed by atoms with Crippen LogP contribution in [-0.4, -0.2) is 95.5 Å². The Kier molecular flexibility index (Phi) is 22.7. The van der Waals surface area contributed by atoms with E-state index >= 15 is 0 Å². The molecule has 1 unspecified atom stereocenters. The number of aliphatic hydroxyl groups is 1. The fourth-order valence-electron chi connectivity index (χ4n) is 6.34. The largest absolute Gasteiger partial charge is 0.481 e. The van der Waals surface area contributed by atoms with Gasteiger partial charge in [-0.1, -0.05) is 75.7 Å². The van der Waals surface area contributed by atoms with Crippen LogP contribution >= 0.6 is 0 Å². The second kappa shape index (κ2) is 26.9. The minimum absolute atomic E-state index is 0.0569. The maximum Gasteiger partial charge on any atom is 0.412 e. The molecular weight excluding hydrogens is 736 g/mol. The van der Waals surface area contributed by atoms with E-state index in [2.05, 4.69) is 24.1 Å². The van der Waals surface area contributed by atoms with Gasteiger partial charge in [0.2, 0.25) is 12.2 Å². The number of Topliss-reactive ketones (excluding diaryl/α,β-unsaturated/α-hetero) is 1. The number of ether oxygens (including phenoxy) is 4. The number of aliphatic carboxylic acids is 1. The van der Waals surface area contributed by atoms with E-state index in [-0.39, 0.29) is 18.8 Å². The van der Waals surface area contributed by atoms with Gasteiger partial charge in [-0.3, -0.25) is 14.4 Å². The number of carbonyl (C=O) groups excluding carboxylic acids is 5. The number of methoxy groups -OCH3 is 1. The van der Waals surface area contributed by atoms with E-state index in [4.69, 9.17) is 18.9 Å². The number of rotatable bonds is 27. The SMILES string of the molecule is CC#CCOc1ccc(C[C@H](NC(=O)[C@@H](/C=C/CCCCCCC(=O)CCCCCCC)[C@@](O)(CC(=O)OC(C)OC(=O)N2CCCC2)C(=O)O)C(=O)OC)cc1. The molecule has 14 heteroatoms. The fourth-order valence-corrected chi connectivity index (χ4v) is 6.34. The molecule has 3 N–H and O–H groups in total. The first-order chi connectivity index (χ1) is 27.3. The average Bonchev–Trinajstić information content (AvgIpc) is 3.73. The number of esters is 2. The maximum atomic E-state index is 13.9. The Morgan fingerprint density at radius 1 is 0.930 bits per heavy atom. The molecule has 14 nitrogen and oxygen atoms in total. The Bertz CT molecular complexity index is 1530. The first-order valence-electron chi connectivity index (χ1n) is 20.1. The number of carboxylic acids is 1. The van der Waals surface area contributed by atoms with Gasteiger partial charge in [-0.25, -0.2) is 14.4 Å². The molecule has 1 heterocycles. The van der Waals surface area contributed by atoms with Crippen LogP contribution < -0.4 is 10.1 Å². The predicted octanol–water partition coefficient (Wildman–Crippen LogP) is 6.06. The van der Waals surface area contributed by atoms with Crippen molar-refractivity contribution in [1.29, 1.82) is 0 Å². The minimum Gasteiger partial charge on any atom is -0.481 e. The summed E-state index contributed by atoms with van der Waals surface area (Å²) >= 11 is 0. The zero-order valence-corrected chi connectivity index (χ0v) is 34.1. The van der Waals surface area contributed by atoms with Gasteiger partial charge in [-0.15, -0.1) is 5.92 Å². The van der Waals surface area contributed by atoms with Crippen LogP contribution in [0.25, 0.3) is 0 Å². The molecule has 1 aliphatic heterocycles. The summed E-state index contributed by atoms with van der Waals surface area (Å²) in [5.41, 5.74) is -2.43. The van der Waals surface area contributed by atoms with Gasteiger partial charge in [0, 0.05) is 39.3 Å². The Morgan fingerprint density at radius 2 is 1.56 bits per heavy atom. The molecular formula is C43H62N2O12. The van der Waals surface area contributed by atoms with Crippen LogP contribution in [0, 0.1) is 17.8 Å². The Balaban J connectivity index is 2.17. The second-order valence-corrected chi connectivity index (χ2v) is 14.3. The summed E-state index contributed by atoms with van der Waals surface area (Å²) in [6.45, 7) is 6.28. The van der Waals surface area contributed by atoms with Crippen molar-refractivity contribution in [2.24, 2.45) is 5.92 Å². The number of likely N-dealkylation sites (tertiary alicyclic amines) is 1. The smallest absolute Gasteiger partial charge is 0.412 e. The third-order valence-corrected chi connectivity index (χ3v) is 9.63. The summed E-state index contributed by atoms with van der Waals surface area (Å²) in [6, 6.07) is 5.39. The summed E-state index contributed by atoms with van der Waals surface area (Å²) < 4.78 is 20.8. The van der Waals surface area contributed by atoms with Crippen molar-refractivity contribution in [2.45, 2.75) is 141 Å². The van der Waals surface area contributed by atoms with E-state index in [9.17, 15) is 39.0 Å². The van der Waals surface area contributed by atoms with Gasteiger partial charge in [-0.2, -0.15) is 0 Å². The molecule has 0 radical (unpaired) electrons. The number of nitrogens with zero attached hydrogens (tertiary/aromatic N) is 1. The number of nitrogens with one attached hydrogen (secondary N) is 1. The number of unbranched alkanes of at least 4 members (excludes halogenated alkanes) is 8. The van der Waals surface area contributed by atoms with Crippen LogP contribution in [0.5, 0.6) is 5.75 Å². The molecule has 57 heavy (non-hydrogen) atoms. The van der Waals surface area contributed by atoms with E-state index in [1.807, 2.05) is 0 Å². The van der Waals surface area contributed by atoms with Crippen molar-refractivity contribution in [1.82, 2.24) is 10.2 Å². The maximum absolute atomic E-state index is 13.9. The molecule has 2 amide bonds. The third-order valence-electron chi connectivity index (χ3n) is 9.63. The fraction of sp³-hybridized carbons (Fsp3) is 0.628. The highest BCUT2D eigenvalue weighted by Crippen LogP contribution is 2.27. The summed E-state index contributed by atoms with van der Waals surface area (Å²) in [4.78, 5) is 78.6. The van der Waals surface area contributed by atoms with Gasteiger partial charge in [-0.05, 0) is 63.1 Å². The van der Waals surface area contributed by atoms with Crippen molar-refractivity contribution in [2.75, 3.05) is 26.8 Å². The lowest BCUT2D eigenvalue weighted by Crippen LogP contribution is -2.55. The highest BCUT2D eigenvalue weighted by atomic mass is 16.7. The highest BCUT2D eigenvalue weighted by molar-refractivity contribution is 5.95. The monoisotopic (exact) mass is 798 g/mol. The van der Waals surface area contributed by atoms with E-state index < -0.39 is 60.2 Å². The molecule has 0 aromatic heterocycles. The highest BCUT2D eigenvalue weighted by Gasteiger charge is 2.50. The quantitative estimate of drug-likeness (QED) is 0.0307. The average molecular weight is 799 g/mol. The Labute approximate surface area is 337 Å². The van der Waals surface area contributed by atoms with E-state index in [1.54, 1.807) is 37.3 Å². The minimum atomic E-state index is -3.03. The number of carbonyl (C=O) groups is 6. The predicted molar refractivity (Wildman–Crippen MR) is 212 cm³/mol. The first kappa shape index (κ1) is 48.2. The number of carboxylic acid groups (broad SMARTS) is 1. The lowest BCUT2D eigenvalue weighted by Gasteiger charge is -2.30. The van der Waals surface area contributed by atoms with Gasteiger partial charge in [0.05, 0.1) is 19.4 Å². The van der Waals surface area contributed by atoms with Crippen molar-refractivity contribution in [3.63, 3.8) is 0 Å². The molecule has 0 aliphatic carbocycles. The van der Waals surface area contributed by atoms with Crippen molar-refractivity contribution in [3.05, 3.63) is 42.0 Å². The molecule has 1 fully saturated rings. The molecule has 1 saturated heterocycles. The van der Waals surface area contributed by atoms with Gasteiger partial charge in [0.15, 0.2) is 5.60 Å². The van der Waals surface area contributed by atoms with Crippen LogP contribution in [0.1, 0.15) is 123 Å². The van der Waals surface area contributed by atoms with Crippen LogP contribution in [0.2, 0.25) is 0 Å². The number of ketones is 1. The van der Waals surface area contributed by atoms with Gasteiger partial charge in [0.25, 0.3) is 0 Å². The van der Waals surface area contributed by atoms with E-state index in [1.165, 1.54) is 24.3 Å². The second-order valence-electron chi connectivity index (χ2n) is 14.3. The van der Waals surface area contributed by atoms with Crippen molar-refractivity contribution < 1.29 is 57.9 Å². The van der Waals surface area contributed by atoms with Crippen molar-refractivity contribution in [3.8, 4) is 17.6 Å². The molecule has 4 atom stereocenters. The molecule has 0 bridgehead atoms. The van der Waals surface area contributed by atoms with Crippen LogP contribution in [-0.2, 0) is 44.6 Å². The number of allylic oxidation sites excluding steroid dienone is 1. The molecule has 1 aliphatic rings. The lowest BCUT2D eigenvalue weighted by molar-refractivity contribution is -0.182.